The summed E-state index contributed by atoms with van der Waals surface area (Å²) in [6, 6.07) is 14.2. The van der Waals surface area contributed by atoms with Crippen molar-refractivity contribution >= 4 is 50.7 Å². The third-order valence-electron chi connectivity index (χ3n) is 5.98. The first-order valence-electron chi connectivity index (χ1n) is 12.0. The number of sulfonamides is 1. The van der Waals surface area contributed by atoms with Crippen LogP contribution in [0.3, 0.4) is 0 Å². The average Bonchev–Trinajstić information content (AvgIpc) is 2.91. The van der Waals surface area contributed by atoms with Crippen molar-refractivity contribution in [3.63, 3.8) is 0 Å². The van der Waals surface area contributed by atoms with E-state index in [9.17, 15) is 31.2 Å². The number of rotatable bonds is 10. The molecular formula is C27H26Cl2F3N3O4S. The quantitative estimate of drug-likeness (QED) is 0.314. The maximum atomic E-state index is 13.8. The van der Waals surface area contributed by atoms with E-state index in [-0.39, 0.29) is 33.7 Å². The molecule has 0 radical (unpaired) electrons. The maximum Gasteiger partial charge on any atom is 0.416 e. The molecule has 214 valence electrons. The number of benzene rings is 3. The van der Waals surface area contributed by atoms with Gasteiger partial charge in [0.05, 0.1) is 16.1 Å². The minimum atomic E-state index is -4.76. The zero-order chi connectivity index (χ0) is 29.7. The standard InChI is InChI=1S/C27H26Cl2F3N3O4S/c1-3-33-26(37)18(2)34(16-22-23(28)13-8-14-24(22)29)25(36)17-35(40(38,39)21-11-5-4-6-12-21)20-10-7-9-19(15-20)27(30,31)32/h4-15,18H,3,16-17H2,1-2H3,(H,33,37). The number of nitrogens with one attached hydrogen (secondary N) is 1. The number of hydrogen-bond acceptors (Lipinski definition) is 4. The Kier molecular flexibility index (Phi) is 10.1. The molecule has 0 saturated carbocycles. The lowest BCUT2D eigenvalue weighted by atomic mass is 10.1. The molecule has 0 fully saturated rings. The Morgan fingerprint density at radius 3 is 2.12 bits per heavy atom. The van der Waals surface area contributed by atoms with Crippen LogP contribution in [0.15, 0.2) is 77.7 Å². The molecule has 3 rings (SSSR count). The van der Waals surface area contributed by atoms with Crippen molar-refractivity contribution < 1.29 is 31.2 Å². The smallest absolute Gasteiger partial charge is 0.355 e. The molecule has 0 aromatic heterocycles. The molecule has 0 aliphatic carbocycles. The van der Waals surface area contributed by atoms with E-state index in [4.69, 9.17) is 23.2 Å². The van der Waals surface area contributed by atoms with E-state index in [0.29, 0.717) is 15.9 Å². The first-order valence-corrected chi connectivity index (χ1v) is 14.2. The highest BCUT2D eigenvalue weighted by atomic mass is 35.5. The van der Waals surface area contributed by atoms with E-state index >= 15 is 0 Å². The highest BCUT2D eigenvalue weighted by Crippen LogP contribution is 2.34. The van der Waals surface area contributed by atoms with E-state index < -0.39 is 46.2 Å². The van der Waals surface area contributed by atoms with Gasteiger partial charge in [-0.15, -0.1) is 0 Å². The summed E-state index contributed by atoms with van der Waals surface area (Å²) in [5.41, 5.74) is -1.17. The zero-order valence-corrected chi connectivity index (χ0v) is 23.8. The molecule has 2 amide bonds. The minimum absolute atomic E-state index is 0.208. The van der Waals surface area contributed by atoms with Crippen molar-refractivity contribution in [2.45, 2.75) is 37.5 Å². The number of halogens is 5. The van der Waals surface area contributed by atoms with Crippen molar-refractivity contribution in [3.05, 3.63) is 94.0 Å². The summed E-state index contributed by atoms with van der Waals surface area (Å²) in [6.07, 6.45) is -4.76. The van der Waals surface area contributed by atoms with Gasteiger partial charge in [-0.25, -0.2) is 8.42 Å². The molecule has 7 nitrogen and oxygen atoms in total. The van der Waals surface area contributed by atoms with Crippen LogP contribution in [0.25, 0.3) is 0 Å². The average molecular weight is 616 g/mol. The molecule has 0 bridgehead atoms. The highest BCUT2D eigenvalue weighted by molar-refractivity contribution is 7.92. The van der Waals surface area contributed by atoms with Crippen LogP contribution in [0, 0.1) is 0 Å². The largest absolute Gasteiger partial charge is 0.416 e. The summed E-state index contributed by atoms with van der Waals surface area (Å²) >= 11 is 12.6. The topological polar surface area (TPSA) is 86.8 Å². The van der Waals surface area contributed by atoms with Gasteiger partial charge in [0.1, 0.15) is 12.6 Å². The SMILES string of the molecule is CCNC(=O)C(C)N(Cc1c(Cl)cccc1Cl)C(=O)CN(c1cccc(C(F)(F)F)c1)S(=O)(=O)c1ccccc1. The molecule has 0 spiro atoms. The minimum Gasteiger partial charge on any atom is -0.355 e. The second-order valence-electron chi connectivity index (χ2n) is 8.67. The molecule has 0 saturated heterocycles. The Hall–Kier alpha value is -3.28. The van der Waals surface area contributed by atoms with Crippen LogP contribution in [0.4, 0.5) is 18.9 Å². The number of carbonyl (C=O) groups excluding carboxylic acids is 2. The second kappa shape index (κ2) is 12.9. The Morgan fingerprint density at radius 1 is 0.950 bits per heavy atom. The molecule has 1 atom stereocenters. The molecule has 0 aliphatic rings. The fourth-order valence-corrected chi connectivity index (χ4v) is 5.79. The number of hydrogen-bond donors (Lipinski definition) is 1. The summed E-state index contributed by atoms with van der Waals surface area (Å²) in [5, 5.41) is 3.02. The lowest BCUT2D eigenvalue weighted by Crippen LogP contribution is -2.51. The van der Waals surface area contributed by atoms with Gasteiger partial charge in [-0.1, -0.05) is 53.5 Å². The van der Waals surface area contributed by atoms with Crippen molar-refractivity contribution in [1.29, 1.82) is 0 Å². The van der Waals surface area contributed by atoms with Crippen LogP contribution < -0.4 is 9.62 Å². The molecule has 0 aliphatic heterocycles. The summed E-state index contributed by atoms with van der Waals surface area (Å²) in [4.78, 5) is 27.4. The van der Waals surface area contributed by atoms with Gasteiger partial charge in [0.25, 0.3) is 10.0 Å². The van der Waals surface area contributed by atoms with Crippen molar-refractivity contribution in [2.75, 3.05) is 17.4 Å². The number of likely N-dealkylation sites (N-methyl/N-ethyl adjacent to an activating group) is 1. The van der Waals surface area contributed by atoms with Crippen LogP contribution in [-0.4, -0.2) is 44.3 Å². The number of alkyl halides is 3. The van der Waals surface area contributed by atoms with Crippen LogP contribution in [0.5, 0.6) is 0 Å². The summed E-state index contributed by atoms with van der Waals surface area (Å²) < 4.78 is 68.5. The van der Waals surface area contributed by atoms with E-state index in [1.54, 1.807) is 19.1 Å². The van der Waals surface area contributed by atoms with Gasteiger partial charge in [-0.3, -0.25) is 13.9 Å². The lowest BCUT2D eigenvalue weighted by Gasteiger charge is -2.32. The molecule has 3 aromatic carbocycles. The lowest BCUT2D eigenvalue weighted by molar-refractivity contribution is -0.139. The fourth-order valence-electron chi connectivity index (χ4n) is 3.84. The van der Waals surface area contributed by atoms with Gasteiger partial charge in [0.15, 0.2) is 0 Å². The van der Waals surface area contributed by atoms with Gasteiger partial charge in [0.2, 0.25) is 11.8 Å². The van der Waals surface area contributed by atoms with Gasteiger partial charge in [-0.2, -0.15) is 13.2 Å². The van der Waals surface area contributed by atoms with Crippen molar-refractivity contribution in [3.8, 4) is 0 Å². The number of anilines is 1. The summed E-state index contributed by atoms with van der Waals surface area (Å²) in [7, 11) is -4.52. The monoisotopic (exact) mass is 615 g/mol. The van der Waals surface area contributed by atoms with E-state index in [1.165, 1.54) is 43.3 Å². The van der Waals surface area contributed by atoms with Crippen molar-refractivity contribution in [1.82, 2.24) is 10.2 Å². The third-order valence-corrected chi connectivity index (χ3v) is 8.48. The number of carbonyl (C=O) groups is 2. The molecule has 1 unspecified atom stereocenters. The number of nitrogens with zero attached hydrogens (tertiary/aromatic N) is 2. The Labute approximate surface area is 240 Å². The Bertz CT molecular complexity index is 1450. The predicted molar refractivity (Wildman–Crippen MR) is 148 cm³/mol. The van der Waals surface area contributed by atoms with Crippen LogP contribution >= 0.6 is 23.2 Å². The van der Waals surface area contributed by atoms with Crippen LogP contribution in [0.2, 0.25) is 10.0 Å². The van der Waals surface area contributed by atoms with Gasteiger partial charge in [0, 0.05) is 28.7 Å². The number of amides is 2. The van der Waals surface area contributed by atoms with Gasteiger partial charge < -0.3 is 10.2 Å². The Morgan fingerprint density at radius 2 is 1.55 bits per heavy atom. The van der Waals surface area contributed by atoms with Crippen LogP contribution in [-0.2, 0) is 32.3 Å². The third kappa shape index (κ3) is 7.26. The van der Waals surface area contributed by atoms with Gasteiger partial charge in [-0.05, 0) is 56.3 Å². The molecule has 40 heavy (non-hydrogen) atoms. The van der Waals surface area contributed by atoms with Crippen molar-refractivity contribution in [2.24, 2.45) is 0 Å². The molecular weight excluding hydrogens is 590 g/mol. The zero-order valence-electron chi connectivity index (χ0n) is 21.5. The van der Waals surface area contributed by atoms with E-state index in [1.807, 2.05) is 0 Å². The van der Waals surface area contributed by atoms with E-state index in [0.717, 1.165) is 23.1 Å². The normalized spacial score (nSPS) is 12.5. The molecule has 1 N–H and O–H groups in total. The molecule has 3 aromatic rings. The Balaban J connectivity index is 2.11. The molecule has 13 heteroatoms. The first-order chi connectivity index (χ1) is 18.8. The first kappa shape index (κ1) is 31.3. The predicted octanol–water partition coefficient (Wildman–Crippen LogP) is 5.76. The molecule has 0 heterocycles. The van der Waals surface area contributed by atoms with Gasteiger partial charge >= 0.3 is 6.18 Å². The maximum absolute atomic E-state index is 13.8. The fraction of sp³-hybridized carbons (Fsp3) is 0.259. The highest BCUT2D eigenvalue weighted by Gasteiger charge is 2.35. The van der Waals surface area contributed by atoms with Crippen LogP contribution in [0.1, 0.15) is 25.0 Å². The summed E-state index contributed by atoms with van der Waals surface area (Å²) in [5.74, 6) is -1.40. The second-order valence-corrected chi connectivity index (χ2v) is 11.3. The summed E-state index contributed by atoms with van der Waals surface area (Å²) in [6.45, 7) is 2.20. The van der Waals surface area contributed by atoms with E-state index in [2.05, 4.69) is 5.32 Å².